The molecule has 4 rings (SSSR count). The third kappa shape index (κ3) is 4.17. The van der Waals surface area contributed by atoms with E-state index in [2.05, 4.69) is 5.32 Å². The van der Waals surface area contributed by atoms with Gasteiger partial charge in [0.2, 0.25) is 0 Å². The number of esters is 1. The molecule has 31 heavy (non-hydrogen) atoms. The number of nitro groups is 1. The predicted octanol–water partition coefficient (Wildman–Crippen LogP) is 5.50. The van der Waals surface area contributed by atoms with Gasteiger partial charge in [-0.2, -0.15) is 0 Å². The van der Waals surface area contributed by atoms with Gasteiger partial charge in [-0.25, -0.2) is 4.79 Å². The van der Waals surface area contributed by atoms with Crippen molar-refractivity contribution in [2.24, 2.45) is 0 Å². The van der Waals surface area contributed by atoms with Crippen LogP contribution < -0.4 is 5.32 Å². The number of amides is 1. The zero-order valence-electron chi connectivity index (χ0n) is 16.3. The highest BCUT2D eigenvalue weighted by Gasteiger charge is 2.22. The maximum atomic E-state index is 12.8. The third-order valence-corrected chi connectivity index (χ3v) is 5.60. The van der Waals surface area contributed by atoms with Crippen LogP contribution in [0.4, 0.5) is 11.4 Å². The largest absolute Gasteiger partial charge is 0.462 e. The van der Waals surface area contributed by atoms with E-state index in [1.807, 2.05) is 12.1 Å². The second-order valence-electron chi connectivity index (χ2n) is 6.48. The summed E-state index contributed by atoms with van der Waals surface area (Å²) in [6.07, 6.45) is 0. The lowest BCUT2D eigenvalue weighted by atomic mass is 10.1. The van der Waals surface area contributed by atoms with E-state index in [0.29, 0.717) is 16.0 Å². The van der Waals surface area contributed by atoms with Crippen molar-refractivity contribution in [1.82, 2.24) is 0 Å². The Bertz CT molecular complexity index is 1270. The van der Waals surface area contributed by atoms with Crippen molar-refractivity contribution in [3.05, 3.63) is 81.4 Å². The molecule has 0 radical (unpaired) electrons. The maximum absolute atomic E-state index is 12.8. The van der Waals surface area contributed by atoms with Crippen molar-refractivity contribution in [1.29, 1.82) is 0 Å². The SMILES string of the molecule is CCOC(=O)c1sc(-c2cccc([N+](=O)[O-])c2)cc1NC(=O)c1cc2ccccc2o1. The van der Waals surface area contributed by atoms with Crippen molar-refractivity contribution >= 4 is 45.6 Å². The van der Waals surface area contributed by atoms with Crippen LogP contribution in [0.25, 0.3) is 21.4 Å². The van der Waals surface area contributed by atoms with Crippen molar-refractivity contribution in [3.8, 4) is 10.4 Å². The molecule has 0 saturated heterocycles. The van der Waals surface area contributed by atoms with E-state index in [9.17, 15) is 19.7 Å². The van der Waals surface area contributed by atoms with Crippen LogP contribution in [0.15, 0.2) is 65.1 Å². The van der Waals surface area contributed by atoms with E-state index in [0.717, 1.165) is 16.7 Å². The molecule has 0 aliphatic rings. The molecule has 1 amide bonds. The minimum Gasteiger partial charge on any atom is -0.462 e. The number of carbonyl (C=O) groups is 2. The molecule has 2 aromatic carbocycles. The number of nitro benzene ring substituents is 1. The fourth-order valence-electron chi connectivity index (χ4n) is 3.02. The number of rotatable bonds is 6. The molecule has 0 atom stereocenters. The summed E-state index contributed by atoms with van der Waals surface area (Å²) in [5.41, 5.74) is 1.29. The average Bonchev–Trinajstić information content (AvgIpc) is 3.38. The number of anilines is 1. The standard InChI is InChI=1S/C22H16N2O6S/c1-2-29-22(26)20-16(12-19(31-20)14-7-5-8-15(10-14)24(27)28)23-21(25)18-11-13-6-3-4-9-17(13)30-18/h3-12H,2H2,1H3,(H,23,25). The number of ether oxygens (including phenoxy) is 1. The van der Waals surface area contributed by atoms with E-state index in [1.165, 1.54) is 12.1 Å². The van der Waals surface area contributed by atoms with Crippen molar-refractivity contribution in [3.63, 3.8) is 0 Å². The predicted molar refractivity (Wildman–Crippen MR) is 117 cm³/mol. The number of para-hydroxylation sites is 1. The van der Waals surface area contributed by atoms with Gasteiger partial charge in [-0.1, -0.05) is 30.3 Å². The number of nitrogens with zero attached hydrogens (tertiary/aromatic N) is 1. The molecule has 1 N–H and O–H groups in total. The van der Waals surface area contributed by atoms with Gasteiger partial charge < -0.3 is 14.5 Å². The molecule has 9 heteroatoms. The number of carbonyl (C=O) groups excluding carboxylic acids is 2. The molecular formula is C22H16N2O6S. The van der Waals surface area contributed by atoms with E-state index < -0.39 is 16.8 Å². The molecule has 0 saturated carbocycles. The highest BCUT2D eigenvalue weighted by Crippen LogP contribution is 2.37. The molecule has 0 fully saturated rings. The van der Waals surface area contributed by atoms with E-state index in [1.54, 1.807) is 43.3 Å². The Hall–Kier alpha value is -3.98. The van der Waals surface area contributed by atoms with E-state index in [4.69, 9.17) is 9.15 Å². The first-order valence-electron chi connectivity index (χ1n) is 9.32. The smallest absolute Gasteiger partial charge is 0.350 e. The van der Waals surface area contributed by atoms with Gasteiger partial charge in [-0.05, 0) is 30.7 Å². The second-order valence-corrected chi connectivity index (χ2v) is 7.54. The van der Waals surface area contributed by atoms with Crippen LogP contribution in [0.3, 0.4) is 0 Å². The minimum atomic E-state index is -0.593. The number of hydrogen-bond acceptors (Lipinski definition) is 7. The number of benzene rings is 2. The van der Waals surface area contributed by atoms with Crippen LogP contribution in [0, 0.1) is 10.1 Å². The summed E-state index contributed by atoms with van der Waals surface area (Å²) in [5.74, 6) is -1.02. The fourth-order valence-corrected chi connectivity index (χ4v) is 4.03. The van der Waals surface area contributed by atoms with E-state index >= 15 is 0 Å². The summed E-state index contributed by atoms with van der Waals surface area (Å²) in [6, 6.07) is 16.5. The summed E-state index contributed by atoms with van der Waals surface area (Å²) < 4.78 is 10.7. The number of furan rings is 1. The molecule has 0 aliphatic carbocycles. The monoisotopic (exact) mass is 436 g/mol. The number of hydrogen-bond donors (Lipinski definition) is 1. The second kappa shape index (κ2) is 8.41. The molecule has 0 bridgehead atoms. The van der Waals surface area contributed by atoms with Crippen LogP contribution in [-0.2, 0) is 4.74 Å². The highest BCUT2D eigenvalue weighted by atomic mass is 32.1. The molecule has 4 aromatic rings. The molecule has 0 unspecified atom stereocenters. The van der Waals surface area contributed by atoms with Crippen molar-refractivity contribution in [2.75, 3.05) is 11.9 Å². The summed E-state index contributed by atoms with van der Waals surface area (Å²) in [4.78, 5) is 36.6. The first kappa shape index (κ1) is 20.3. The Kier molecular flexibility index (Phi) is 5.50. The molecule has 0 aliphatic heterocycles. The average molecular weight is 436 g/mol. The maximum Gasteiger partial charge on any atom is 0.350 e. The van der Waals surface area contributed by atoms with Crippen molar-refractivity contribution in [2.45, 2.75) is 6.92 Å². The Labute approximate surface area is 180 Å². The van der Waals surface area contributed by atoms with Crippen molar-refractivity contribution < 1.29 is 23.7 Å². The first-order chi connectivity index (χ1) is 15.0. The molecule has 2 aromatic heterocycles. The van der Waals surface area contributed by atoms with Gasteiger partial charge in [0.05, 0.1) is 17.2 Å². The third-order valence-electron chi connectivity index (χ3n) is 4.43. The van der Waals surface area contributed by atoms with Crippen LogP contribution in [-0.4, -0.2) is 23.4 Å². The lowest BCUT2D eigenvalue weighted by molar-refractivity contribution is -0.384. The van der Waals surface area contributed by atoms with Crippen LogP contribution in [0.2, 0.25) is 0 Å². The zero-order chi connectivity index (χ0) is 22.0. The van der Waals surface area contributed by atoms with Crippen LogP contribution in [0.5, 0.6) is 0 Å². The molecule has 2 heterocycles. The number of fused-ring (bicyclic) bond motifs is 1. The normalized spacial score (nSPS) is 10.7. The molecule has 156 valence electrons. The minimum absolute atomic E-state index is 0.0727. The molecular weight excluding hydrogens is 420 g/mol. The summed E-state index contributed by atoms with van der Waals surface area (Å²) >= 11 is 1.08. The van der Waals surface area contributed by atoms with Gasteiger partial charge in [0, 0.05) is 22.4 Å². The van der Waals surface area contributed by atoms with E-state index in [-0.39, 0.29) is 28.6 Å². The Balaban J connectivity index is 1.70. The summed E-state index contributed by atoms with van der Waals surface area (Å²) in [6.45, 7) is 1.85. The highest BCUT2D eigenvalue weighted by molar-refractivity contribution is 7.18. The van der Waals surface area contributed by atoms with Gasteiger partial charge in [0.25, 0.3) is 11.6 Å². The summed E-state index contributed by atoms with van der Waals surface area (Å²) in [7, 11) is 0. The Morgan fingerprint density at radius 3 is 2.68 bits per heavy atom. The van der Waals surface area contributed by atoms with Gasteiger partial charge in [0.1, 0.15) is 10.5 Å². The van der Waals surface area contributed by atoms with Gasteiger partial charge in [-0.15, -0.1) is 11.3 Å². The lowest BCUT2D eigenvalue weighted by Gasteiger charge is -2.04. The Morgan fingerprint density at radius 2 is 1.94 bits per heavy atom. The fraction of sp³-hybridized carbons (Fsp3) is 0.0909. The number of thiophene rings is 1. The molecule has 8 nitrogen and oxygen atoms in total. The van der Waals surface area contributed by atoms with Gasteiger partial charge >= 0.3 is 5.97 Å². The summed E-state index contributed by atoms with van der Waals surface area (Å²) in [5, 5.41) is 14.6. The lowest BCUT2D eigenvalue weighted by Crippen LogP contribution is -2.13. The van der Waals surface area contributed by atoms with Gasteiger partial charge in [-0.3, -0.25) is 14.9 Å². The number of non-ortho nitro benzene ring substituents is 1. The Morgan fingerprint density at radius 1 is 1.13 bits per heavy atom. The van der Waals surface area contributed by atoms with Gasteiger partial charge in [0.15, 0.2) is 5.76 Å². The molecule has 0 spiro atoms. The quantitative estimate of drug-likeness (QED) is 0.243. The topological polar surface area (TPSA) is 112 Å². The van der Waals surface area contributed by atoms with Crippen LogP contribution in [0.1, 0.15) is 27.2 Å². The zero-order valence-corrected chi connectivity index (χ0v) is 17.1. The van der Waals surface area contributed by atoms with Crippen LogP contribution >= 0.6 is 11.3 Å². The number of nitrogens with one attached hydrogen (secondary N) is 1. The first-order valence-corrected chi connectivity index (χ1v) is 10.1.